The van der Waals surface area contributed by atoms with Crippen LogP contribution in [0.4, 0.5) is 0 Å². The van der Waals surface area contributed by atoms with E-state index in [0.717, 1.165) is 6.42 Å². The third-order valence-corrected chi connectivity index (χ3v) is 3.01. The molecule has 1 aromatic rings. The van der Waals surface area contributed by atoms with Gasteiger partial charge in [-0.1, -0.05) is 24.3 Å². The van der Waals surface area contributed by atoms with Crippen LogP contribution in [0.5, 0.6) is 0 Å². The molecule has 2 rings (SSSR count). The lowest BCUT2D eigenvalue weighted by Crippen LogP contribution is -2.52. The molecule has 0 bridgehead atoms. The van der Waals surface area contributed by atoms with Gasteiger partial charge in [-0.3, -0.25) is 0 Å². The van der Waals surface area contributed by atoms with Crippen molar-refractivity contribution in [2.75, 3.05) is 6.54 Å². The van der Waals surface area contributed by atoms with E-state index in [1.807, 2.05) is 0 Å². The summed E-state index contributed by atoms with van der Waals surface area (Å²) in [6, 6.07) is 9.04. The minimum atomic E-state index is 0.0544. The number of fused-ring (bicyclic) bond motifs is 1. The number of nitrogens with one attached hydrogen (secondary N) is 1. The zero-order valence-corrected chi connectivity index (χ0v) is 8.88. The molecule has 1 atom stereocenters. The lowest BCUT2D eigenvalue weighted by atomic mass is 9.82. The smallest absolute Gasteiger partial charge is 0.0383 e. The molecule has 3 N–H and O–H groups in total. The molecule has 1 aliphatic heterocycles. The predicted octanol–water partition coefficient (Wildman–Crippen LogP) is 1.39. The normalized spacial score (nSPS) is 24.4. The van der Waals surface area contributed by atoms with E-state index in [0.29, 0.717) is 12.6 Å². The van der Waals surface area contributed by atoms with Crippen molar-refractivity contribution in [3.63, 3.8) is 0 Å². The van der Waals surface area contributed by atoms with E-state index in [4.69, 9.17) is 5.73 Å². The molecule has 2 nitrogen and oxygen atoms in total. The highest BCUT2D eigenvalue weighted by Crippen LogP contribution is 2.29. The summed E-state index contributed by atoms with van der Waals surface area (Å²) < 4.78 is 0. The van der Waals surface area contributed by atoms with Crippen molar-refractivity contribution in [2.24, 2.45) is 5.73 Å². The highest BCUT2D eigenvalue weighted by molar-refractivity contribution is 5.36. The Morgan fingerprint density at radius 2 is 2.14 bits per heavy atom. The Bertz CT molecular complexity index is 331. The lowest BCUT2D eigenvalue weighted by molar-refractivity contribution is 0.316. The molecule has 2 heteroatoms. The molecule has 0 spiro atoms. The summed E-state index contributed by atoms with van der Waals surface area (Å²) in [7, 11) is 0. The number of rotatable bonds is 1. The van der Waals surface area contributed by atoms with Crippen LogP contribution in [0.2, 0.25) is 0 Å². The number of hydrogen-bond acceptors (Lipinski definition) is 2. The summed E-state index contributed by atoms with van der Waals surface area (Å²) >= 11 is 0. The lowest BCUT2D eigenvalue weighted by Gasteiger charge is -2.38. The molecular formula is C12H18N2. The van der Waals surface area contributed by atoms with Crippen LogP contribution in [-0.2, 0) is 12.0 Å². The monoisotopic (exact) mass is 190 g/mol. The van der Waals surface area contributed by atoms with Gasteiger partial charge in [0.2, 0.25) is 0 Å². The van der Waals surface area contributed by atoms with Gasteiger partial charge in [-0.15, -0.1) is 0 Å². The predicted molar refractivity (Wildman–Crippen MR) is 59.2 cm³/mol. The van der Waals surface area contributed by atoms with Crippen molar-refractivity contribution in [1.29, 1.82) is 0 Å². The third kappa shape index (κ3) is 1.56. The van der Waals surface area contributed by atoms with Crippen LogP contribution in [0, 0.1) is 0 Å². The van der Waals surface area contributed by atoms with Crippen LogP contribution in [-0.4, -0.2) is 12.6 Å². The van der Waals surface area contributed by atoms with Crippen molar-refractivity contribution in [3.8, 4) is 0 Å². The van der Waals surface area contributed by atoms with E-state index in [2.05, 4.69) is 43.4 Å². The Labute approximate surface area is 85.5 Å². The maximum Gasteiger partial charge on any atom is 0.0383 e. The van der Waals surface area contributed by atoms with E-state index in [1.54, 1.807) is 0 Å². The highest BCUT2D eigenvalue weighted by atomic mass is 15.0. The van der Waals surface area contributed by atoms with E-state index >= 15 is 0 Å². The molecule has 1 heterocycles. The Hall–Kier alpha value is -0.860. The molecule has 14 heavy (non-hydrogen) atoms. The molecule has 0 fully saturated rings. The molecular weight excluding hydrogens is 172 g/mol. The van der Waals surface area contributed by atoms with Crippen LogP contribution in [0.25, 0.3) is 0 Å². The zero-order valence-electron chi connectivity index (χ0n) is 8.88. The number of hydrogen-bond donors (Lipinski definition) is 2. The van der Waals surface area contributed by atoms with Crippen LogP contribution in [0.3, 0.4) is 0 Å². The van der Waals surface area contributed by atoms with Gasteiger partial charge in [0.15, 0.2) is 0 Å². The summed E-state index contributed by atoms with van der Waals surface area (Å²) in [6.45, 7) is 5.14. The fourth-order valence-electron chi connectivity index (χ4n) is 2.35. The van der Waals surface area contributed by atoms with Crippen LogP contribution in [0.15, 0.2) is 24.3 Å². The van der Waals surface area contributed by atoms with Gasteiger partial charge in [0, 0.05) is 18.1 Å². The fourth-order valence-corrected chi connectivity index (χ4v) is 2.35. The highest BCUT2D eigenvalue weighted by Gasteiger charge is 2.30. The number of benzene rings is 1. The molecule has 1 unspecified atom stereocenters. The molecule has 0 radical (unpaired) electrons. The first-order valence-electron chi connectivity index (χ1n) is 5.19. The average molecular weight is 190 g/mol. The van der Waals surface area contributed by atoms with Gasteiger partial charge in [-0.05, 0) is 31.4 Å². The minimum Gasteiger partial charge on any atom is -0.329 e. The first-order chi connectivity index (χ1) is 6.63. The van der Waals surface area contributed by atoms with Crippen molar-refractivity contribution in [1.82, 2.24) is 5.32 Å². The van der Waals surface area contributed by atoms with Crippen molar-refractivity contribution in [2.45, 2.75) is 31.8 Å². The maximum atomic E-state index is 5.72. The molecule has 0 saturated heterocycles. The van der Waals surface area contributed by atoms with Gasteiger partial charge < -0.3 is 11.1 Å². The van der Waals surface area contributed by atoms with E-state index in [-0.39, 0.29) is 5.54 Å². The van der Waals surface area contributed by atoms with E-state index in [1.165, 1.54) is 11.1 Å². The molecule has 76 valence electrons. The fraction of sp³-hybridized carbons (Fsp3) is 0.500. The summed E-state index contributed by atoms with van der Waals surface area (Å²) in [4.78, 5) is 0. The van der Waals surface area contributed by atoms with Gasteiger partial charge in [0.05, 0.1) is 0 Å². The summed E-state index contributed by atoms with van der Waals surface area (Å²) in [5.41, 5.74) is 8.62. The second kappa shape index (κ2) is 3.37. The van der Waals surface area contributed by atoms with Gasteiger partial charge >= 0.3 is 0 Å². The van der Waals surface area contributed by atoms with E-state index in [9.17, 15) is 0 Å². The molecule has 0 saturated carbocycles. The Morgan fingerprint density at radius 1 is 1.43 bits per heavy atom. The second-order valence-electron chi connectivity index (χ2n) is 4.56. The Balaban J connectivity index is 2.41. The molecule has 0 aromatic heterocycles. The zero-order chi connectivity index (χ0) is 10.2. The van der Waals surface area contributed by atoms with Crippen LogP contribution < -0.4 is 11.1 Å². The van der Waals surface area contributed by atoms with E-state index < -0.39 is 0 Å². The Morgan fingerprint density at radius 3 is 2.86 bits per heavy atom. The quantitative estimate of drug-likeness (QED) is 0.702. The number of nitrogens with two attached hydrogens (primary N) is 1. The summed E-state index contributed by atoms with van der Waals surface area (Å²) in [6.07, 6.45) is 1.05. The van der Waals surface area contributed by atoms with Crippen molar-refractivity contribution < 1.29 is 0 Å². The van der Waals surface area contributed by atoms with Gasteiger partial charge in [0.1, 0.15) is 0 Å². The topological polar surface area (TPSA) is 38.0 Å². The largest absolute Gasteiger partial charge is 0.329 e. The maximum absolute atomic E-state index is 5.72. The SMILES string of the molecule is CC1(C)NC(CN)Cc2ccccc21. The van der Waals surface area contributed by atoms with Crippen molar-refractivity contribution >= 4 is 0 Å². The summed E-state index contributed by atoms with van der Waals surface area (Å²) in [5, 5.41) is 3.57. The molecule has 1 aromatic carbocycles. The standard InChI is InChI=1S/C12H18N2/c1-12(2)11-6-4-3-5-9(11)7-10(8-13)14-12/h3-6,10,14H,7-8,13H2,1-2H3. The van der Waals surface area contributed by atoms with Crippen molar-refractivity contribution in [3.05, 3.63) is 35.4 Å². The van der Waals surface area contributed by atoms with Crippen LogP contribution >= 0.6 is 0 Å². The first-order valence-corrected chi connectivity index (χ1v) is 5.19. The van der Waals surface area contributed by atoms with Crippen LogP contribution in [0.1, 0.15) is 25.0 Å². The summed E-state index contributed by atoms with van der Waals surface area (Å²) in [5.74, 6) is 0. The van der Waals surface area contributed by atoms with Gasteiger partial charge in [-0.2, -0.15) is 0 Å². The molecule has 1 aliphatic rings. The molecule has 0 aliphatic carbocycles. The first kappa shape index (κ1) is 9.69. The average Bonchev–Trinajstić information content (AvgIpc) is 2.17. The van der Waals surface area contributed by atoms with Gasteiger partial charge in [0.25, 0.3) is 0 Å². The van der Waals surface area contributed by atoms with Gasteiger partial charge in [-0.25, -0.2) is 0 Å². The Kier molecular flexibility index (Phi) is 2.33. The minimum absolute atomic E-state index is 0.0544. The molecule has 0 amide bonds. The second-order valence-corrected chi connectivity index (χ2v) is 4.56. The third-order valence-electron chi connectivity index (χ3n) is 3.01.